The number of ether oxygens (including phenoxy) is 1. The van der Waals surface area contributed by atoms with Gasteiger partial charge >= 0.3 is 8.80 Å². The summed E-state index contributed by atoms with van der Waals surface area (Å²) in [5, 5.41) is 19.1. The second-order valence-corrected chi connectivity index (χ2v) is 19.4. The molecule has 0 spiro atoms. The van der Waals surface area contributed by atoms with E-state index in [1.54, 1.807) is 14.2 Å². The van der Waals surface area contributed by atoms with E-state index in [0.717, 1.165) is 28.4 Å². The predicted octanol–water partition coefficient (Wildman–Crippen LogP) is 5.33. The predicted molar refractivity (Wildman–Crippen MR) is 159 cm³/mol. The number of carbonyl (C=O) groups is 1. The van der Waals surface area contributed by atoms with Gasteiger partial charge < -0.3 is 33.4 Å². The molecule has 2 atom stereocenters. The van der Waals surface area contributed by atoms with Crippen molar-refractivity contribution in [1.29, 1.82) is 0 Å². The lowest BCUT2D eigenvalue weighted by molar-refractivity contribution is -0.129. The van der Waals surface area contributed by atoms with Crippen molar-refractivity contribution in [2.75, 3.05) is 39.3 Å². The van der Waals surface area contributed by atoms with E-state index in [4.69, 9.17) is 17.7 Å². The molecular weight excluding hydrogens is 516 g/mol. The fraction of sp³-hybridized carbons (Fsp3) is 0.607. The molecule has 0 aliphatic rings. The van der Waals surface area contributed by atoms with Gasteiger partial charge in [0.1, 0.15) is 0 Å². The quantitative estimate of drug-likeness (QED) is 0.199. The summed E-state index contributed by atoms with van der Waals surface area (Å²) in [4.78, 5) is 12.5. The number of hydrogen-bond acceptors (Lipinski definition) is 7. The molecule has 0 saturated heterocycles. The molecule has 0 heterocycles. The first kappa shape index (κ1) is 32.4. The van der Waals surface area contributed by atoms with E-state index in [2.05, 4.69) is 36.3 Å². The van der Waals surface area contributed by atoms with Gasteiger partial charge in [-0.1, -0.05) is 51.1 Å². The molecule has 0 fully saturated rings. The Morgan fingerprint density at radius 3 is 2.24 bits per heavy atom. The highest BCUT2D eigenvalue weighted by Gasteiger charge is 2.42. The third-order valence-corrected chi connectivity index (χ3v) is 12.1. The number of fused-ring (bicyclic) bond motifs is 1. The number of carbonyl (C=O) groups excluding carboxylic acids is 1. The van der Waals surface area contributed by atoms with Gasteiger partial charge in [-0.05, 0) is 50.0 Å². The van der Waals surface area contributed by atoms with Gasteiger partial charge in [0.25, 0.3) is 0 Å². The van der Waals surface area contributed by atoms with Gasteiger partial charge in [-0.2, -0.15) is 0 Å². The van der Waals surface area contributed by atoms with E-state index in [-0.39, 0.29) is 18.6 Å². The molecule has 0 aromatic heterocycles. The van der Waals surface area contributed by atoms with Crippen molar-refractivity contribution in [2.45, 2.75) is 71.9 Å². The molecule has 0 aliphatic heterocycles. The van der Waals surface area contributed by atoms with Gasteiger partial charge in [-0.15, -0.1) is 0 Å². The van der Waals surface area contributed by atoms with Crippen LogP contribution >= 0.6 is 0 Å². The first-order chi connectivity index (χ1) is 17.7. The van der Waals surface area contributed by atoms with E-state index in [9.17, 15) is 9.90 Å². The van der Waals surface area contributed by atoms with Crippen LogP contribution in [0, 0.1) is 5.41 Å². The van der Waals surface area contributed by atoms with Crippen molar-refractivity contribution < 1.29 is 27.6 Å². The van der Waals surface area contributed by atoms with Crippen LogP contribution in [0.25, 0.3) is 10.8 Å². The maximum atomic E-state index is 12.5. The highest BCUT2D eigenvalue weighted by molar-refractivity contribution is 6.79. The van der Waals surface area contributed by atoms with Crippen LogP contribution in [0.15, 0.2) is 36.4 Å². The smallest absolute Gasteiger partial charge is 0.416 e. The van der Waals surface area contributed by atoms with Crippen LogP contribution in [-0.2, 0) is 22.5 Å². The molecule has 1 unspecified atom stereocenters. The lowest BCUT2D eigenvalue weighted by Crippen LogP contribution is -2.51. The van der Waals surface area contributed by atoms with Crippen LogP contribution in [-0.4, -0.2) is 68.2 Å². The SMILES string of the molecule is CO[Si](CCCOCC(O)CNc1ccc([C@@H](C)NC(=O)C(C)(C)C)c2ccccc12)(OC)O[Si](C)(C)C. The van der Waals surface area contributed by atoms with Crippen molar-refractivity contribution >= 4 is 39.5 Å². The molecule has 10 heteroatoms. The normalized spacial score (nSPS) is 14.4. The van der Waals surface area contributed by atoms with E-state index in [1.165, 1.54) is 0 Å². The second kappa shape index (κ2) is 14.0. The lowest BCUT2D eigenvalue weighted by atomic mass is 9.93. The van der Waals surface area contributed by atoms with Gasteiger partial charge in [-0.25, -0.2) is 0 Å². The highest BCUT2D eigenvalue weighted by Crippen LogP contribution is 2.31. The Hall–Kier alpha value is -1.80. The van der Waals surface area contributed by atoms with Gasteiger partial charge in [0.05, 0.1) is 18.8 Å². The Morgan fingerprint density at radius 1 is 1.03 bits per heavy atom. The van der Waals surface area contributed by atoms with E-state index in [0.29, 0.717) is 19.2 Å². The molecular formula is C28H48N2O6Si2. The summed E-state index contributed by atoms with van der Waals surface area (Å²) in [5.74, 6) is 0.0143. The van der Waals surface area contributed by atoms with Crippen molar-refractivity contribution in [3.8, 4) is 0 Å². The Bertz CT molecular complexity index is 1030. The average Bonchev–Trinajstić information content (AvgIpc) is 2.84. The third kappa shape index (κ3) is 9.75. The fourth-order valence-electron chi connectivity index (χ4n) is 4.13. The number of hydrogen-bond donors (Lipinski definition) is 3. The highest BCUT2D eigenvalue weighted by atomic mass is 28.5. The van der Waals surface area contributed by atoms with Gasteiger partial charge in [0.2, 0.25) is 5.91 Å². The van der Waals surface area contributed by atoms with Crippen molar-refractivity contribution in [2.24, 2.45) is 5.41 Å². The van der Waals surface area contributed by atoms with Crippen molar-refractivity contribution in [3.05, 3.63) is 42.0 Å². The lowest BCUT2D eigenvalue weighted by Gasteiger charge is -2.33. The molecule has 0 aliphatic carbocycles. The number of nitrogens with one attached hydrogen (secondary N) is 2. The number of rotatable bonds is 15. The Balaban J connectivity index is 1.91. The second-order valence-electron chi connectivity index (χ2n) is 11.7. The molecule has 0 bridgehead atoms. The molecule has 8 nitrogen and oxygen atoms in total. The molecule has 0 saturated carbocycles. The molecule has 2 aromatic rings. The van der Waals surface area contributed by atoms with E-state index in [1.807, 2.05) is 58.0 Å². The summed E-state index contributed by atoms with van der Waals surface area (Å²) in [6.45, 7) is 15.2. The maximum absolute atomic E-state index is 12.5. The zero-order chi connectivity index (χ0) is 28.6. The summed E-state index contributed by atoms with van der Waals surface area (Å²) in [6, 6.07) is 12.7. The minimum atomic E-state index is -2.69. The first-order valence-corrected chi connectivity index (χ1v) is 18.7. The number of amides is 1. The Morgan fingerprint density at radius 2 is 1.66 bits per heavy atom. The molecule has 1 amide bonds. The molecule has 3 N–H and O–H groups in total. The Labute approximate surface area is 230 Å². The van der Waals surface area contributed by atoms with Crippen molar-refractivity contribution in [1.82, 2.24) is 5.32 Å². The first-order valence-electron chi connectivity index (χ1n) is 13.3. The Kier molecular flexibility index (Phi) is 12.0. The third-order valence-electron chi connectivity index (χ3n) is 6.15. The largest absolute Gasteiger partial charge is 0.490 e. The monoisotopic (exact) mass is 564 g/mol. The summed E-state index contributed by atoms with van der Waals surface area (Å²) in [7, 11) is -1.21. The van der Waals surface area contributed by atoms with Gasteiger partial charge in [0.15, 0.2) is 8.32 Å². The molecule has 2 rings (SSSR count). The zero-order valence-electron chi connectivity index (χ0n) is 24.6. The summed E-state index contributed by atoms with van der Waals surface area (Å²) >= 11 is 0. The van der Waals surface area contributed by atoms with Gasteiger partial charge in [0, 0.05) is 49.9 Å². The minimum Gasteiger partial charge on any atom is -0.416 e. The number of benzene rings is 2. The van der Waals surface area contributed by atoms with E-state index >= 15 is 0 Å². The van der Waals surface area contributed by atoms with Crippen LogP contribution in [0.2, 0.25) is 25.7 Å². The van der Waals surface area contributed by atoms with Crippen LogP contribution in [0.1, 0.15) is 45.7 Å². The summed E-state index contributed by atoms with van der Waals surface area (Å²) < 4.78 is 23.3. The number of anilines is 1. The molecule has 38 heavy (non-hydrogen) atoms. The standard InChI is InChI=1S/C28H48N2O6Si2/c1-21(30-27(32)28(2,3)4)23-15-16-26(25-14-11-10-13-24(23)25)29-19-22(31)20-35-17-12-18-38(33-5,34-6)36-37(7,8)9/h10-11,13-16,21-22,29,31H,12,17-20H2,1-9H3,(H,30,32)/t21-,22?/m1/s1. The zero-order valence-corrected chi connectivity index (χ0v) is 26.6. The van der Waals surface area contributed by atoms with E-state index < -0.39 is 28.6 Å². The number of aliphatic hydroxyl groups is 1. The van der Waals surface area contributed by atoms with Gasteiger partial charge in [-0.3, -0.25) is 4.79 Å². The summed E-state index contributed by atoms with van der Waals surface area (Å²) in [6.07, 6.45) is 0.0673. The van der Waals surface area contributed by atoms with Crippen molar-refractivity contribution in [3.63, 3.8) is 0 Å². The van der Waals surface area contributed by atoms with Crippen LogP contribution < -0.4 is 10.6 Å². The number of aliphatic hydroxyl groups excluding tert-OH is 1. The average molecular weight is 565 g/mol. The topological polar surface area (TPSA) is 98.3 Å². The molecule has 2 aromatic carbocycles. The molecule has 214 valence electrons. The summed E-state index contributed by atoms with van der Waals surface area (Å²) in [5.41, 5.74) is 1.53. The molecule has 0 radical (unpaired) electrons. The van der Waals surface area contributed by atoms with Crippen LogP contribution in [0.5, 0.6) is 0 Å². The minimum absolute atomic E-state index is 0.0143. The van der Waals surface area contributed by atoms with Crippen LogP contribution in [0.4, 0.5) is 5.69 Å². The fourth-order valence-corrected chi connectivity index (χ4v) is 10.1. The maximum Gasteiger partial charge on any atom is 0.490 e. The van der Waals surface area contributed by atoms with Crippen LogP contribution in [0.3, 0.4) is 0 Å².